The highest BCUT2D eigenvalue weighted by Gasteiger charge is 2.19. The van der Waals surface area contributed by atoms with Gasteiger partial charge >= 0.3 is 5.97 Å². The number of ether oxygens (including phenoxy) is 2. The lowest BCUT2D eigenvalue weighted by atomic mass is 10.1. The minimum atomic E-state index is -0.681. The molecule has 1 atom stereocenters. The minimum absolute atomic E-state index is 0.224. The molecule has 0 aliphatic carbocycles. The number of carbonyl (C=O) groups excluding carboxylic acids is 1. The van der Waals surface area contributed by atoms with Gasteiger partial charge in [-0.1, -0.05) is 29.3 Å². The van der Waals surface area contributed by atoms with Crippen LogP contribution >= 0.6 is 11.6 Å². The summed E-state index contributed by atoms with van der Waals surface area (Å²) in [7, 11) is 0. The number of hydrogen-bond donors (Lipinski definition) is 0. The number of hydrogen-bond acceptors (Lipinski definition) is 6. The van der Waals surface area contributed by atoms with Crippen molar-refractivity contribution in [2.75, 3.05) is 6.61 Å². The summed E-state index contributed by atoms with van der Waals surface area (Å²) >= 11 is 5.96. The van der Waals surface area contributed by atoms with E-state index in [9.17, 15) is 4.79 Å². The van der Waals surface area contributed by atoms with Gasteiger partial charge in [0, 0.05) is 10.6 Å². The summed E-state index contributed by atoms with van der Waals surface area (Å²) in [4.78, 5) is 12.0. The van der Waals surface area contributed by atoms with Crippen LogP contribution in [0.25, 0.3) is 11.5 Å². The molecule has 0 saturated heterocycles. The monoisotopic (exact) mass is 386 g/mol. The van der Waals surface area contributed by atoms with Crippen LogP contribution in [0.2, 0.25) is 5.02 Å². The Kier molecular flexibility index (Phi) is 5.76. The zero-order chi connectivity index (χ0) is 19.4. The molecule has 3 aromatic rings. The van der Waals surface area contributed by atoms with E-state index in [0.29, 0.717) is 16.7 Å². The van der Waals surface area contributed by atoms with E-state index in [0.717, 1.165) is 16.7 Å². The van der Waals surface area contributed by atoms with E-state index < -0.39 is 12.1 Å². The van der Waals surface area contributed by atoms with Gasteiger partial charge in [-0.3, -0.25) is 0 Å². The second kappa shape index (κ2) is 8.22. The zero-order valence-electron chi connectivity index (χ0n) is 15.2. The van der Waals surface area contributed by atoms with Crippen molar-refractivity contribution in [3.05, 3.63) is 64.5 Å². The first-order chi connectivity index (χ1) is 12.9. The third-order valence-corrected chi connectivity index (χ3v) is 4.27. The highest BCUT2D eigenvalue weighted by Crippen LogP contribution is 2.24. The minimum Gasteiger partial charge on any atom is -0.482 e. The van der Waals surface area contributed by atoms with E-state index in [1.807, 2.05) is 38.1 Å². The van der Waals surface area contributed by atoms with E-state index in [1.165, 1.54) is 0 Å². The first-order valence-corrected chi connectivity index (χ1v) is 8.79. The third-order valence-electron chi connectivity index (χ3n) is 3.85. The topological polar surface area (TPSA) is 74.5 Å². The van der Waals surface area contributed by atoms with Gasteiger partial charge in [-0.15, -0.1) is 10.2 Å². The number of esters is 1. The van der Waals surface area contributed by atoms with Gasteiger partial charge in [0.05, 0.1) is 0 Å². The quantitative estimate of drug-likeness (QED) is 0.572. The predicted molar refractivity (Wildman–Crippen MR) is 101 cm³/mol. The van der Waals surface area contributed by atoms with Gasteiger partial charge in [-0.2, -0.15) is 0 Å². The van der Waals surface area contributed by atoms with Gasteiger partial charge in [0.2, 0.25) is 5.89 Å². The van der Waals surface area contributed by atoms with Crippen molar-refractivity contribution in [3.8, 4) is 17.2 Å². The fraction of sp³-hybridized carbons (Fsp3) is 0.250. The average molecular weight is 387 g/mol. The van der Waals surface area contributed by atoms with Crippen LogP contribution in [0.4, 0.5) is 0 Å². The molecule has 2 aromatic carbocycles. The van der Waals surface area contributed by atoms with Gasteiger partial charge in [0.1, 0.15) is 5.75 Å². The fourth-order valence-electron chi connectivity index (χ4n) is 2.42. The van der Waals surface area contributed by atoms with Crippen molar-refractivity contribution < 1.29 is 18.7 Å². The Bertz CT molecular complexity index is 955. The lowest BCUT2D eigenvalue weighted by Crippen LogP contribution is -2.17. The molecule has 1 heterocycles. The molecule has 0 aliphatic heterocycles. The van der Waals surface area contributed by atoms with Crippen molar-refractivity contribution in [1.29, 1.82) is 0 Å². The molecule has 140 valence electrons. The molecule has 1 aromatic heterocycles. The first-order valence-electron chi connectivity index (χ1n) is 8.41. The van der Waals surface area contributed by atoms with Gasteiger partial charge in [-0.25, -0.2) is 4.79 Å². The molecule has 0 radical (unpaired) electrons. The number of rotatable bonds is 6. The van der Waals surface area contributed by atoms with E-state index in [4.69, 9.17) is 25.5 Å². The van der Waals surface area contributed by atoms with Crippen LogP contribution in [-0.4, -0.2) is 22.8 Å². The molecule has 0 aliphatic rings. The predicted octanol–water partition coefficient (Wildman–Crippen LogP) is 4.69. The normalized spacial score (nSPS) is 11.9. The second-order valence-corrected chi connectivity index (χ2v) is 6.55. The van der Waals surface area contributed by atoms with Crippen LogP contribution in [0, 0.1) is 13.8 Å². The smallest absolute Gasteiger partial charge is 0.344 e. The molecule has 0 amide bonds. The summed E-state index contributed by atoms with van der Waals surface area (Å²) in [5.74, 6) is 0.609. The molecule has 6 nitrogen and oxygen atoms in total. The average Bonchev–Trinajstić information content (AvgIpc) is 3.13. The summed E-state index contributed by atoms with van der Waals surface area (Å²) < 4.78 is 16.4. The van der Waals surface area contributed by atoms with Crippen LogP contribution in [0.5, 0.6) is 5.75 Å². The maximum absolute atomic E-state index is 12.0. The van der Waals surface area contributed by atoms with E-state index >= 15 is 0 Å². The molecule has 7 heteroatoms. The van der Waals surface area contributed by atoms with Gasteiger partial charge in [0.25, 0.3) is 5.89 Å². The molecule has 0 saturated carbocycles. The number of halogens is 1. The van der Waals surface area contributed by atoms with Crippen LogP contribution in [0.15, 0.2) is 46.9 Å². The first kappa shape index (κ1) is 18.9. The Morgan fingerprint density at radius 2 is 2.00 bits per heavy atom. The van der Waals surface area contributed by atoms with Crippen LogP contribution in [-0.2, 0) is 9.53 Å². The van der Waals surface area contributed by atoms with Gasteiger partial charge < -0.3 is 13.9 Å². The SMILES string of the molecule is Cc1cccc(-c2nnc(C(C)OC(=O)COc3ccc(Cl)c(C)c3)o2)c1. The second-order valence-electron chi connectivity index (χ2n) is 6.15. The summed E-state index contributed by atoms with van der Waals surface area (Å²) in [5, 5.41) is 8.62. The van der Waals surface area contributed by atoms with Crippen molar-refractivity contribution in [2.24, 2.45) is 0 Å². The summed E-state index contributed by atoms with van der Waals surface area (Å²) in [6.45, 7) is 5.27. The Hall–Kier alpha value is -2.86. The summed E-state index contributed by atoms with van der Waals surface area (Å²) in [5.41, 5.74) is 2.76. The molecule has 0 fully saturated rings. The molecular formula is C20H19ClN2O4. The Morgan fingerprint density at radius 3 is 2.74 bits per heavy atom. The maximum atomic E-state index is 12.0. The van der Waals surface area contributed by atoms with Crippen molar-refractivity contribution in [3.63, 3.8) is 0 Å². The number of carbonyl (C=O) groups is 1. The fourth-order valence-corrected chi connectivity index (χ4v) is 2.54. The van der Waals surface area contributed by atoms with Crippen LogP contribution < -0.4 is 4.74 Å². The lowest BCUT2D eigenvalue weighted by Gasteiger charge is -2.11. The van der Waals surface area contributed by atoms with Gasteiger partial charge in [-0.05, 0) is 56.7 Å². The molecule has 3 rings (SSSR count). The third kappa shape index (κ3) is 4.86. The van der Waals surface area contributed by atoms with Crippen molar-refractivity contribution in [1.82, 2.24) is 10.2 Å². The number of benzene rings is 2. The number of aromatic nitrogens is 2. The highest BCUT2D eigenvalue weighted by molar-refractivity contribution is 6.31. The maximum Gasteiger partial charge on any atom is 0.344 e. The van der Waals surface area contributed by atoms with E-state index in [2.05, 4.69) is 10.2 Å². The van der Waals surface area contributed by atoms with Crippen LogP contribution in [0.3, 0.4) is 0 Å². The van der Waals surface area contributed by atoms with Crippen molar-refractivity contribution in [2.45, 2.75) is 26.9 Å². The molecule has 0 bridgehead atoms. The standard InChI is InChI=1S/C20H19ClN2O4/c1-12-5-4-6-15(9-12)20-23-22-19(27-20)14(3)26-18(24)11-25-16-7-8-17(21)13(2)10-16/h4-10,14H,11H2,1-3H3. The lowest BCUT2D eigenvalue weighted by molar-refractivity contribution is -0.152. The Morgan fingerprint density at radius 1 is 1.19 bits per heavy atom. The Labute approximate surface area is 162 Å². The van der Waals surface area contributed by atoms with Gasteiger partial charge in [0.15, 0.2) is 12.7 Å². The number of nitrogens with zero attached hydrogens (tertiary/aromatic N) is 2. The molecular weight excluding hydrogens is 368 g/mol. The summed E-state index contributed by atoms with van der Waals surface area (Å²) in [6, 6.07) is 12.9. The zero-order valence-corrected chi connectivity index (χ0v) is 16.0. The number of aryl methyl sites for hydroxylation is 2. The molecule has 1 unspecified atom stereocenters. The van der Waals surface area contributed by atoms with E-state index in [1.54, 1.807) is 25.1 Å². The van der Waals surface area contributed by atoms with E-state index in [-0.39, 0.29) is 12.5 Å². The summed E-state index contributed by atoms with van der Waals surface area (Å²) in [6.07, 6.45) is -0.681. The molecule has 27 heavy (non-hydrogen) atoms. The molecule has 0 spiro atoms. The Balaban J connectivity index is 1.57. The van der Waals surface area contributed by atoms with Crippen molar-refractivity contribution >= 4 is 17.6 Å². The largest absolute Gasteiger partial charge is 0.482 e. The van der Waals surface area contributed by atoms with Crippen LogP contribution in [0.1, 0.15) is 30.0 Å². The highest BCUT2D eigenvalue weighted by atomic mass is 35.5. The molecule has 0 N–H and O–H groups in total.